The number of nitrogens with zero attached hydrogens (tertiary/aromatic N) is 1. The van der Waals surface area contributed by atoms with Gasteiger partial charge in [-0.2, -0.15) is 0 Å². The third-order valence-electron chi connectivity index (χ3n) is 4.46. The normalized spacial score (nSPS) is 16.7. The first-order chi connectivity index (χ1) is 13.6. The highest BCUT2D eigenvalue weighted by Gasteiger charge is 2.17. The number of carbonyl (C=O) groups excluding carboxylic acids is 1. The monoisotopic (exact) mass is 390 g/mol. The van der Waals surface area contributed by atoms with E-state index in [2.05, 4.69) is 46.1 Å². The van der Waals surface area contributed by atoms with Gasteiger partial charge in [0.15, 0.2) is 5.96 Å². The van der Waals surface area contributed by atoms with Gasteiger partial charge in [-0.1, -0.05) is 19.1 Å². The van der Waals surface area contributed by atoms with Crippen molar-refractivity contribution < 1.29 is 14.3 Å². The first-order valence-corrected chi connectivity index (χ1v) is 10.2. The van der Waals surface area contributed by atoms with Crippen molar-refractivity contribution in [2.24, 2.45) is 10.9 Å². The van der Waals surface area contributed by atoms with Crippen LogP contribution in [0.4, 0.5) is 0 Å². The molecule has 7 nitrogen and oxygen atoms in total. The maximum atomic E-state index is 11.8. The van der Waals surface area contributed by atoms with Gasteiger partial charge >= 0.3 is 0 Å². The molecule has 0 aromatic heterocycles. The lowest BCUT2D eigenvalue weighted by Gasteiger charge is -2.15. The van der Waals surface area contributed by atoms with Gasteiger partial charge in [-0.15, -0.1) is 0 Å². The zero-order valence-corrected chi connectivity index (χ0v) is 17.3. The molecule has 1 aromatic rings. The Morgan fingerprint density at radius 3 is 2.86 bits per heavy atom. The van der Waals surface area contributed by atoms with Crippen LogP contribution in [0.2, 0.25) is 0 Å². The van der Waals surface area contributed by atoms with Crippen LogP contribution in [-0.2, 0) is 16.1 Å². The van der Waals surface area contributed by atoms with Crippen LogP contribution in [0, 0.1) is 12.8 Å². The molecule has 3 N–H and O–H groups in total. The lowest BCUT2D eigenvalue weighted by Crippen LogP contribution is -2.43. The zero-order valence-electron chi connectivity index (χ0n) is 17.3. The standard InChI is InChI=1S/C21H34N4O3/c1-4-9-23-20(26)13-25-21(22-5-2)24-12-18-7-6-16(3)11-19(18)28-15-17-8-10-27-14-17/h6-7,11,17H,4-5,8-10,12-15H2,1-3H3,(H,23,26)(H2,22,24,25). The summed E-state index contributed by atoms with van der Waals surface area (Å²) in [6.45, 7) is 10.4. The van der Waals surface area contributed by atoms with E-state index in [1.807, 2.05) is 13.8 Å². The Hall–Kier alpha value is -2.28. The van der Waals surface area contributed by atoms with Crippen LogP contribution in [0.15, 0.2) is 23.2 Å². The smallest absolute Gasteiger partial charge is 0.239 e. The molecular formula is C21H34N4O3. The number of hydrogen-bond donors (Lipinski definition) is 3. The Morgan fingerprint density at radius 2 is 2.14 bits per heavy atom. The summed E-state index contributed by atoms with van der Waals surface area (Å²) < 4.78 is 11.5. The number of aryl methyl sites for hydroxylation is 1. The van der Waals surface area contributed by atoms with E-state index in [0.29, 0.717) is 31.6 Å². The van der Waals surface area contributed by atoms with Gasteiger partial charge in [-0.05, 0) is 38.3 Å². The van der Waals surface area contributed by atoms with E-state index in [1.165, 1.54) is 0 Å². The Balaban J connectivity index is 1.96. The summed E-state index contributed by atoms with van der Waals surface area (Å²) in [6.07, 6.45) is 1.97. The zero-order chi connectivity index (χ0) is 20.2. The largest absolute Gasteiger partial charge is 0.493 e. The third kappa shape index (κ3) is 7.76. The summed E-state index contributed by atoms with van der Waals surface area (Å²) in [5, 5.41) is 9.10. The molecule has 1 aromatic carbocycles. The molecule has 2 rings (SSSR count). The number of hydrogen-bond acceptors (Lipinski definition) is 4. The molecule has 0 spiro atoms. The summed E-state index contributed by atoms with van der Waals surface area (Å²) in [4.78, 5) is 16.4. The first kappa shape index (κ1) is 22.0. The van der Waals surface area contributed by atoms with E-state index in [9.17, 15) is 4.79 Å². The van der Waals surface area contributed by atoms with Gasteiger partial charge in [-0.3, -0.25) is 4.79 Å². The van der Waals surface area contributed by atoms with Crippen molar-refractivity contribution in [1.29, 1.82) is 0 Å². The Morgan fingerprint density at radius 1 is 1.29 bits per heavy atom. The van der Waals surface area contributed by atoms with Crippen molar-refractivity contribution in [1.82, 2.24) is 16.0 Å². The molecule has 0 bridgehead atoms. The van der Waals surface area contributed by atoms with Crippen LogP contribution in [0.3, 0.4) is 0 Å². The van der Waals surface area contributed by atoms with Gasteiger partial charge in [0.05, 0.1) is 26.3 Å². The molecule has 28 heavy (non-hydrogen) atoms. The molecule has 1 atom stereocenters. The highest BCUT2D eigenvalue weighted by atomic mass is 16.5. The molecule has 1 heterocycles. The Kier molecular flexibility index (Phi) is 9.62. The molecule has 0 radical (unpaired) electrons. The molecule has 0 aliphatic carbocycles. The van der Waals surface area contributed by atoms with Crippen molar-refractivity contribution in [2.45, 2.75) is 40.2 Å². The van der Waals surface area contributed by atoms with Crippen LogP contribution in [0.25, 0.3) is 0 Å². The van der Waals surface area contributed by atoms with Crippen molar-refractivity contribution in [3.8, 4) is 5.75 Å². The van der Waals surface area contributed by atoms with E-state index < -0.39 is 0 Å². The molecule has 1 aliphatic heterocycles. The number of carbonyl (C=O) groups is 1. The minimum atomic E-state index is -0.0365. The summed E-state index contributed by atoms with van der Waals surface area (Å²) in [6, 6.07) is 6.17. The predicted molar refractivity (Wildman–Crippen MR) is 112 cm³/mol. The van der Waals surface area contributed by atoms with E-state index in [-0.39, 0.29) is 12.5 Å². The third-order valence-corrected chi connectivity index (χ3v) is 4.46. The van der Waals surface area contributed by atoms with E-state index >= 15 is 0 Å². The van der Waals surface area contributed by atoms with Gasteiger partial charge in [0, 0.05) is 31.2 Å². The Labute approximate surface area is 168 Å². The fourth-order valence-corrected chi connectivity index (χ4v) is 2.85. The van der Waals surface area contributed by atoms with E-state index in [0.717, 1.165) is 49.5 Å². The quantitative estimate of drug-likeness (QED) is 0.420. The second-order valence-electron chi connectivity index (χ2n) is 7.05. The minimum absolute atomic E-state index is 0.0365. The predicted octanol–water partition coefficient (Wildman–Crippen LogP) is 1.99. The highest BCUT2D eigenvalue weighted by molar-refractivity contribution is 5.86. The molecule has 1 amide bonds. The molecule has 0 saturated carbocycles. The van der Waals surface area contributed by atoms with Crippen molar-refractivity contribution >= 4 is 11.9 Å². The van der Waals surface area contributed by atoms with Gasteiger partial charge in [-0.25, -0.2) is 4.99 Å². The molecular weight excluding hydrogens is 356 g/mol. The first-order valence-electron chi connectivity index (χ1n) is 10.2. The number of guanidine groups is 1. The number of amides is 1. The molecule has 1 saturated heterocycles. The van der Waals surface area contributed by atoms with Gasteiger partial charge < -0.3 is 25.4 Å². The van der Waals surface area contributed by atoms with Crippen LogP contribution in [0.1, 0.15) is 37.8 Å². The van der Waals surface area contributed by atoms with E-state index in [4.69, 9.17) is 9.47 Å². The molecule has 1 unspecified atom stereocenters. The fourth-order valence-electron chi connectivity index (χ4n) is 2.85. The van der Waals surface area contributed by atoms with Crippen molar-refractivity contribution in [3.05, 3.63) is 29.3 Å². The van der Waals surface area contributed by atoms with E-state index in [1.54, 1.807) is 0 Å². The number of aliphatic imine (C=N–C) groups is 1. The van der Waals surface area contributed by atoms with Gasteiger partial charge in [0.25, 0.3) is 0 Å². The summed E-state index contributed by atoms with van der Waals surface area (Å²) in [7, 11) is 0. The molecule has 156 valence electrons. The van der Waals surface area contributed by atoms with Crippen LogP contribution in [-0.4, -0.2) is 51.3 Å². The lowest BCUT2D eigenvalue weighted by atomic mass is 10.1. The topological polar surface area (TPSA) is 84.0 Å². The van der Waals surface area contributed by atoms with Crippen LogP contribution < -0.4 is 20.7 Å². The molecule has 1 fully saturated rings. The SMILES string of the molecule is CCCNC(=O)CNC(=NCc1ccc(C)cc1OCC1CCOC1)NCC. The highest BCUT2D eigenvalue weighted by Crippen LogP contribution is 2.23. The second-order valence-corrected chi connectivity index (χ2v) is 7.05. The minimum Gasteiger partial charge on any atom is -0.493 e. The van der Waals surface area contributed by atoms with Crippen LogP contribution in [0.5, 0.6) is 5.75 Å². The Bertz CT molecular complexity index is 643. The average molecular weight is 391 g/mol. The average Bonchev–Trinajstić information content (AvgIpc) is 3.21. The number of rotatable bonds is 10. The van der Waals surface area contributed by atoms with Gasteiger partial charge in [0.1, 0.15) is 5.75 Å². The number of ether oxygens (including phenoxy) is 2. The van der Waals surface area contributed by atoms with Crippen molar-refractivity contribution in [3.63, 3.8) is 0 Å². The second kappa shape index (κ2) is 12.2. The summed E-state index contributed by atoms with van der Waals surface area (Å²) >= 11 is 0. The van der Waals surface area contributed by atoms with Crippen LogP contribution >= 0.6 is 0 Å². The molecule has 1 aliphatic rings. The fraction of sp³-hybridized carbons (Fsp3) is 0.619. The number of benzene rings is 1. The van der Waals surface area contributed by atoms with Gasteiger partial charge in [0.2, 0.25) is 5.91 Å². The summed E-state index contributed by atoms with van der Waals surface area (Å²) in [5.74, 6) is 1.90. The maximum absolute atomic E-state index is 11.8. The molecule has 7 heteroatoms. The van der Waals surface area contributed by atoms with Crippen molar-refractivity contribution in [2.75, 3.05) is 39.5 Å². The summed E-state index contributed by atoms with van der Waals surface area (Å²) in [5.41, 5.74) is 2.18. The number of nitrogens with one attached hydrogen (secondary N) is 3. The maximum Gasteiger partial charge on any atom is 0.239 e. The lowest BCUT2D eigenvalue weighted by molar-refractivity contribution is -0.120.